The molecule has 2 rings (SSSR count). The van der Waals surface area contributed by atoms with Gasteiger partial charge in [0.05, 0.1) is 0 Å². The van der Waals surface area contributed by atoms with Crippen LogP contribution >= 0.6 is 11.9 Å². The minimum Gasteiger partial charge on any atom is -0.354 e. The zero-order valence-electron chi connectivity index (χ0n) is 18.5. The van der Waals surface area contributed by atoms with Crippen LogP contribution in [0.5, 0.6) is 0 Å². The van der Waals surface area contributed by atoms with Gasteiger partial charge in [0.2, 0.25) is 5.91 Å². The van der Waals surface area contributed by atoms with Gasteiger partial charge in [-0.2, -0.15) is 0 Å². The number of hydrogen-bond acceptors (Lipinski definition) is 4. The van der Waals surface area contributed by atoms with E-state index >= 15 is 0 Å². The second-order valence-corrected chi connectivity index (χ2v) is 9.97. The van der Waals surface area contributed by atoms with Crippen molar-refractivity contribution in [1.82, 2.24) is 15.4 Å². The van der Waals surface area contributed by atoms with Crippen molar-refractivity contribution in [1.29, 1.82) is 0 Å². The molecule has 1 aromatic rings. The first-order valence-corrected chi connectivity index (χ1v) is 11.8. The molecule has 1 aromatic carbocycles. The highest BCUT2D eigenvalue weighted by molar-refractivity contribution is 7.96. The maximum absolute atomic E-state index is 11.3. The molecule has 0 radical (unpaired) electrons. The summed E-state index contributed by atoms with van der Waals surface area (Å²) in [6, 6.07) is 9.95. The smallest absolute Gasteiger partial charge is 0.217 e. The predicted molar refractivity (Wildman–Crippen MR) is 122 cm³/mol. The van der Waals surface area contributed by atoms with Gasteiger partial charge in [-0.15, -0.1) is 0 Å². The van der Waals surface area contributed by atoms with Gasteiger partial charge >= 0.3 is 0 Å². The molecule has 1 atom stereocenters. The highest BCUT2D eigenvalue weighted by atomic mass is 32.2. The van der Waals surface area contributed by atoms with Crippen LogP contribution in [0.4, 0.5) is 0 Å². The van der Waals surface area contributed by atoms with E-state index in [9.17, 15) is 4.79 Å². The van der Waals surface area contributed by atoms with E-state index in [0.29, 0.717) is 6.04 Å². The summed E-state index contributed by atoms with van der Waals surface area (Å²) in [4.78, 5) is 11.3. The molecular weight excluding hydrogens is 366 g/mol. The van der Waals surface area contributed by atoms with Crippen molar-refractivity contribution in [2.45, 2.75) is 89.8 Å². The molecule has 1 fully saturated rings. The topological polar surface area (TPSA) is 53.2 Å². The summed E-state index contributed by atoms with van der Waals surface area (Å²) < 4.78 is 3.55. The first-order valence-electron chi connectivity index (χ1n) is 10.6. The largest absolute Gasteiger partial charge is 0.354 e. The van der Waals surface area contributed by atoms with Crippen LogP contribution in [0.25, 0.3) is 0 Å². The van der Waals surface area contributed by atoms with Gasteiger partial charge < -0.3 is 10.6 Å². The van der Waals surface area contributed by atoms with Gasteiger partial charge in [0, 0.05) is 24.5 Å². The van der Waals surface area contributed by atoms with Crippen molar-refractivity contribution in [2.24, 2.45) is 0 Å². The molecular formula is C23H39N3OS. The van der Waals surface area contributed by atoms with Crippen LogP contribution in [0.2, 0.25) is 0 Å². The Labute approximate surface area is 176 Å². The lowest BCUT2D eigenvalue weighted by Gasteiger charge is -2.42. The fraction of sp³-hybridized carbons (Fsp3) is 0.696. The molecule has 158 valence electrons. The highest BCUT2D eigenvalue weighted by Crippen LogP contribution is 2.39. The van der Waals surface area contributed by atoms with Crippen molar-refractivity contribution in [2.75, 3.05) is 12.8 Å². The van der Waals surface area contributed by atoms with Crippen molar-refractivity contribution in [3.05, 3.63) is 35.4 Å². The van der Waals surface area contributed by atoms with Gasteiger partial charge in [-0.25, -0.2) is 0 Å². The summed E-state index contributed by atoms with van der Waals surface area (Å²) in [5, 5.41) is 6.90. The summed E-state index contributed by atoms with van der Waals surface area (Å²) in [5.74, 6) is 0.0451. The lowest BCUT2D eigenvalue weighted by Crippen LogP contribution is -2.49. The number of benzene rings is 1. The zero-order chi connectivity index (χ0) is 20.8. The molecule has 0 spiro atoms. The second kappa shape index (κ2) is 10.1. The Morgan fingerprint density at radius 2 is 1.96 bits per heavy atom. The first kappa shape index (κ1) is 23.2. The van der Waals surface area contributed by atoms with Gasteiger partial charge in [0.15, 0.2) is 0 Å². The SMILES string of the molecule is CSNC1CCC(NCC[C@H](C)NC(C)=O)(c2cccc(C(C)(C)C)c2)CC1. The Morgan fingerprint density at radius 3 is 2.54 bits per heavy atom. The summed E-state index contributed by atoms with van der Waals surface area (Å²) in [7, 11) is 0. The first-order chi connectivity index (χ1) is 13.2. The maximum atomic E-state index is 11.3. The molecule has 0 unspecified atom stereocenters. The monoisotopic (exact) mass is 405 g/mol. The van der Waals surface area contributed by atoms with Gasteiger partial charge in [0.25, 0.3) is 0 Å². The Bertz CT molecular complexity index is 633. The van der Waals surface area contributed by atoms with Crippen molar-refractivity contribution < 1.29 is 4.79 Å². The fourth-order valence-corrected chi connectivity index (χ4v) is 4.76. The third kappa shape index (κ3) is 6.50. The molecule has 0 aliphatic heterocycles. The lowest BCUT2D eigenvalue weighted by atomic mass is 9.73. The van der Waals surface area contributed by atoms with Crippen LogP contribution in [0, 0.1) is 0 Å². The molecule has 1 saturated carbocycles. The van der Waals surface area contributed by atoms with Crippen LogP contribution in [0.3, 0.4) is 0 Å². The zero-order valence-corrected chi connectivity index (χ0v) is 19.3. The fourth-order valence-electron chi connectivity index (χ4n) is 4.19. The van der Waals surface area contributed by atoms with E-state index < -0.39 is 0 Å². The van der Waals surface area contributed by atoms with Gasteiger partial charge in [-0.3, -0.25) is 9.52 Å². The van der Waals surface area contributed by atoms with Crippen molar-refractivity contribution >= 4 is 17.9 Å². The van der Waals surface area contributed by atoms with E-state index in [4.69, 9.17) is 0 Å². The normalized spacial score (nSPS) is 24.0. The standard InChI is InChI=1S/C23H39N3OS/c1-17(25-18(2)27)12-15-24-23(13-10-21(11-14-23)26-28-6)20-9-7-8-19(16-20)22(3,4)5/h7-9,16-17,21,24,26H,10-15H2,1-6H3,(H,25,27)/t17-,21?,23?/m0/s1. The third-order valence-electron chi connectivity index (χ3n) is 5.90. The number of amides is 1. The molecule has 0 saturated heterocycles. The summed E-state index contributed by atoms with van der Waals surface area (Å²) in [5.41, 5.74) is 2.97. The number of carbonyl (C=O) groups is 1. The Morgan fingerprint density at radius 1 is 1.29 bits per heavy atom. The second-order valence-electron chi connectivity index (χ2n) is 9.33. The van der Waals surface area contributed by atoms with Gasteiger partial charge in [-0.1, -0.05) is 57.0 Å². The molecule has 3 N–H and O–H groups in total. The number of rotatable bonds is 8. The Hall–Kier alpha value is -1.04. The van der Waals surface area contributed by atoms with Gasteiger partial charge in [-0.05, 0) is 68.4 Å². The molecule has 1 aliphatic rings. The Kier molecular flexibility index (Phi) is 8.41. The molecule has 0 aromatic heterocycles. The lowest BCUT2D eigenvalue weighted by molar-refractivity contribution is -0.119. The van der Waals surface area contributed by atoms with E-state index in [-0.39, 0.29) is 22.9 Å². The van der Waals surface area contributed by atoms with Gasteiger partial charge in [0.1, 0.15) is 0 Å². The summed E-state index contributed by atoms with van der Waals surface area (Å²) in [6.45, 7) is 11.4. The highest BCUT2D eigenvalue weighted by Gasteiger charge is 2.36. The summed E-state index contributed by atoms with van der Waals surface area (Å²) >= 11 is 1.73. The minimum absolute atomic E-state index is 0.0216. The number of carbonyl (C=O) groups excluding carboxylic acids is 1. The van der Waals surface area contributed by atoms with E-state index in [2.05, 4.69) is 73.6 Å². The molecule has 1 amide bonds. The molecule has 4 nitrogen and oxygen atoms in total. The molecule has 1 aliphatic carbocycles. The van der Waals surface area contributed by atoms with Crippen LogP contribution in [0.1, 0.15) is 77.8 Å². The summed E-state index contributed by atoms with van der Waals surface area (Å²) in [6.07, 6.45) is 7.66. The van der Waals surface area contributed by atoms with E-state index in [1.165, 1.54) is 24.0 Å². The van der Waals surface area contributed by atoms with Crippen LogP contribution < -0.4 is 15.4 Å². The van der Waals surface area contributed by atoms with E-state index in [1.54, 1.807) is 18.9 Å². The average molecular weight is 406 g/mol. The van der Waals surface area contributed by atoms with Crippen molar-refractivity contribution in [3.8, 4) is 0 Å². The van der Waals surface area contributed by atoms with Crippen LogP contribution in [-0.2, 0) is 15.7 Å². The molecule has 28 heavy (non-hydrogen) atoms. The number of nitrogens with one attached hydrogen (secondary N) is 3. The van der Waals surface area contributed by atoms with Crippen LogP contribution in [-0.4, -0.2) is 30.8 Å². The quantitative estimate of drug-likeness (QED) is 0.558. The maximum Gasteiger partial charge on any atom is 0.217 e. The van der Waals surface area contributed by atoms with Crippen molar-refractivity contribution in [3.63, 3.8) is 0 Å². The van der Waals surface area contributed by atoms with Crippen LogP contribution in [0.15, 0.2) is 24.3 Å². The average Bonchev–Trinajstić information content (AvgIpc) is 2.62. The predicted octanol–water partition coefficient (Wildman–Crippen LogP) is 4.49. The molecule has 5 heteroatoms. The number of hydrogen-bond donors (Lipinski definition) is 3. The Balaban J connectivity index is 2.17. The third-order valence-corrected chi connectivity index (χ3v) is 6.46. The molecule has 0 heterocycles. The van der Waals surface area contributed by atoms with E-state index in [0.717, 1.165) is 25.8 Å². The van der Waals surface area contributed by atoms with E-state index in [1.807, 2.05) is 0 Å². The molecule has 0 bridgehead atoms. The minimum atomic E-state index is 0.0216.